The van der Waals surface area contributed by atoms with Gasteiger partial charge in [0.2, 0.25) is 11.7 Å². The Balaban J connectivity index is 1.34. The number of phenols is 1. The number of aromatic hydroxyl groups is 1. The first kappa shape index (κ1) is 26.2. The van der Waals surface area contributed by atoms with Crippen molar-refractivity contribution in [3.63, 3.8) is 0 Å². The molecule has 0 radical (unpaired) electrons. The number of nitrogens with zero attached hydrogens (tertiary/aromatic N) is 7. The molecular weight excluding hydrogens is 499 g/mol. The number of para-hydroxylation sites is 1. The molecule has 11 heteroatoms. The summed E-state index contributed by atoms with van der Waals surface area (Å²) in [6.45, 7) is 6.02. The predicted molar refractivity (Wildman–Crippen MR) is 146 cm³/mol. The van der Waals surface area contributed by atoms with Crippen LogP contribution in [-0.4, -0.2) is 74.3 Å². The summed E-state index contributed by atoms with van der Waals surface area (Å²) in [5.74, 6) is 6.25. The van der Waals surface area contributed by atoms with Gasteiger partial charge in [-0.2, -0.15) is 0 Å². The molecular formula is C28H31FN8O2. The molecule has 2 aliphatic rings. The summed E-state index contributed by atoms with van der Waals surface area (Å²) in [6.07, 6.45) is 3.24. The van der Waals surface area contributed by atoms with Crippen molar-refractivity contribution in [3.8, 4) is 28.8 Å². The summed E-state index contributed by atoms with van der Waals surface area (Å²) < 4.78 is 14.9. The molecule has 0 unspecified atom stereocenters. The molecule has 0 aliphatic carbocycles. The minimum Gasteiger partial charge on any atom is -0.507 e. The zero-order valence-electron chi connectivity index (χ0n) is 22.0. The molecule has 5 rings (SSSR count). The van der Waals surface area contributed by atoms with Crippen LogP contribution in [0.4, 0.5) is 21.7 Å². The van der Waals surface area contributed by atoms with E-state index in [0.29, 0.717) is 56.0 Å². The Morgan fingerprint density at radius 3 is 2.72 bits per heavy atom. The number of carbonyl (C=O) groups excluding carboxylic acids is 1. The van der Waals surface area contributed by atoms with Crippen molar-refractivity contribution in [2.24, 2.45) is 0 Å². The maximum Gasteiger partial charge on any atom is 0.223 e. The highest BCUT2D eigenvalue weighted by molar-refractivity contribution is 5.79. The predicted octanol–water partition coefficient (Wildman–Crippen LogP) is 2.83. The highest BCUT2D eigenvalue weighted by atomic mass is 19.1. The molecule has 1 aromatic carbocycles. The van der Waals surface area contributed by atoms with E-state index < -0.39 is 5.82 Å². The van der Waals surface area contributed by atoms with Crippen LogP contribution >= 0.6 is 0 Å². The second kappa shape index (κ2) is 11.1. The molecule has 2 atom stereocenters. The SMILES string of the molecule is C[C@@H]1CCC(=O)N1CC#Cc1ncc(F)c(N2CCN(c3cc(-c4ccccc4O)nnc3N)CC[C@H]2C)n1. The topological polar surface area (TPSA) is 125 Å². The molecule has 2 aliphatic heterocycles. The normalized spacial score (nSPS) is 19.6. The number of rotatable bonds is 4. The summed E-state index contributed by atoms with van der Waals surface area (Å²) in [6, 6.07) is 8.90. The number of hydrogen-bond acceptors (Lipinski definition) is 9. The Labute approximate surface area is 226 Å². The number of nitrogen functional groups attached to an aromatic ring is 1. The Morgan fingerprint density at radius 1 is 1.13 bits per heavy atom. The first-order valence-electron chi connectivity index (χ1n) is 13.1. The number of anilines is 3. The smallest absolute Gasteiger partial charge is 0.223 e. The fourth-order valence-corrected chi connectivity index (χ4v) is 5.03. The van der Waals surface area contributed by atoms with Gasteiger partial charge in [0, 0.05) is 43.7 Å². The highest BCUT2D eigenvalue weighted by Gasteiger charge is 2.27. The average Bonchev–Trinajstić information content (AvgIpc) is 3.12. The molecule has 4 heterocycles. The third-order valence-corrected chi connectivity index (χ3v) is 7.36. The Bertz CT molecular complexity index is 1440. The van der Waals surface area contributed by atoms with Crippen molar-refractivity contribution in [2.75, 3.05) is 41.7 Å². The van der Waals surface area contributed by atoms with Gasteiger partial charge >= 0.3 is 0 Å². The van der Waals surface area contributed by atoms with Gasteiger partial charge < -0.3 is 25.5 Å². The third kappa shape index (κ3) is 5.55. The Kier molecular flexibility index (Phi) is 7.45. The quantitative estimate of drug-likeness (QED) is 0.490. The second-order valence-corrected chi connectivity index (χ2v) is 9.91. The van der Waals surface area contributed by atoms with Crippen molar-refractivity contribution in [1.29, 1.82) is 0 Å². The van der Waals surface area contributed by atoms with Crippen LogP contribution in [-0.2, 0) is 4.79 Å². The Hall–Kier alpha value is -4.46. The largest absolute Gasteiger partial charge is 0.507 e. The Morgan fingerprint density at radius 2 is 1.95 bits per heavy atom. The van der Waals surface area contributed by atoms with Crippen LogP contribution in [0.2, 0.25) is 0 Å². The summed E-state index contributed by atoms with van der Waals surface area (Å²) in [4.78, 5) is 26.2. The zero-order chi connectivity index (χ0) is 27.5. The van der Waals surface area contributed by atoms with Crippen molar-refractivity contribution in [3.05, 3.63) is 48.2 Å². The molecule has 3 aromatic rings. The molecule has 0 spiro atoms. The van der Waals surface area contributed by atoms with Crippen LogP contribution < -0.4 is 15.5 Å². The summed E-state index contributed by atoms with van der Waals surface area (Å²) in [5, 5.41) is 18.6. The van der Waals surface area contributed by atoms with Crippen LogP contribution in [0.25, 0.3) is 11.3 Å². The average molecular weight is 531 g/mol. The van der Waals surface area contributed by atoms with Crippen molar-refractivity contribution in [1.82, 2.24) is 25.1 Å². The molecule has 2 saturated heterocycles. The van der Waals surface area contributed by atoms with E-state index in [0.717, 1.165) is 12.6 Å². The lowest BCUT2D eigenvalue weighted by molar-refractivity contribution is -0.128. The minimum atomic E-state index is -0.517. The lowest BCUT2D eigenvalue weighted by Gasteiger charge is -2.28. The van der Waals surface area contributed by atoms with Gasteiger partial charge in [0.25, 0.3) is 0 Å². The number of benzene rings is 1. The van der Waals surface area contributed by atoms with E-state index >= 15 is 0 Å². The van der Waals surface area contributed by atoms with E-state index in [4.69, 9.17) is 5.73 Å². The molecule has 2 fully saturated rings. The van der Waals surface area contributed by atoms with Gasteiger partial charge in [-0.1, -0.05) is 18.1 Å². The standard InChI is InChI=1S/C28H31FN8O2/c1-18-9-10-26(39)36(18)12-5-8-25-31-17-21(29)28(32-25)37-15-14-35(13-11-19(37)2)23-16-22(33-34-27(23)30)20-6-3-4-7-24(20)38/h3-4,6-7,16-19,38H,9-15H2,1-2H3,(H2,30,34)/t18-,19-/m1/s1. The van der Waals surface area contributed by atoms with Gasteiger partial charge in [0.1, 0.15) is 5.75 Å². The minimum absolute atomic E-state index is 0.0167. The number of likely N-dealkylation sites (tertiary alicyclic amines) is 1. The fourth-order valence-electron chi connectivity index (χ4n) is 5.03. The number of amides is 1. The van der Waals surface area contributed by atoms with Gasteiger partial charge in [-0.25, -0.2) is 14.4 Å². The lowest BCUT2D eigenvalue weighted by atomic mass is 10.1. The summed E-state index contributed by atoms with van der Waals surface area (Å²) >= 11 is 0. The maximum atomic E-state index is 14.9. The monoisotopic (exact) mass is 530 g/mol. The van der Waals surface area contributed by atoms with Gasteiger partial charge in [0.05, 0.1) is 24.1 Å². The van der Waals surface area contributed by atoms with Gasteiger partial charge in [-0.3, -0.25) is 4.79 Å². The number of phenolic OH excluding ortho intramolecular Hbond substituents is 1. The highest BCUT2D eigenvalue weighted by Crippen LogP contribution is 2.32. The third-order valence-electron chi connectivity index (χ3n) is 7.36. The number of nitrogens with two attached hydrogens (primary N) is 1. The molecule has 2 aromatic heterocycles. The molecule has 202 valence electrons. The molecule has 0 bridgehead atoms. The maximum absolute atomic E-state index is 14.9. The van der Waals surface area contributed by atoms with Gasteiger partial charge in [-0.05, 0) is 50.8 Å². The van der Waals surface area contributed by atoms with Crippen molar-refractivity contribution in [2.45, 2.75) is 45.2 Å². The summed E-state index contributed by atoms with van der Waals surface area (Å²) in [5.41, 5.74) is 8.00. The molecule has 10 nitrogen and oxygen atoms in total. The van der Waals surface area contributed by atoms with Crippen molar-refractivity contribution >= 4 is 23.2 Å². The van der Waals surface area contributed by atoms with Crippen LogP contribution in [0.5, 0.6) is 5.75 Å². The van der Waals surface area contributed by atoms with Crippen LogP contribution in [0.15, 0.2) is 36.5 Å². The molecule has 39 heavy (non-hydrogen) atoms. The number of carbonyl (C=O) groups is 1. The van der Waals surface area contributed by atoms with E-state index in [1.807, 2.05) is 30.9 Å². The first-order valence-corrected chi connectivity index (χ1v) is 13.1. The second-order valence-electron chi connectivity index (χ2n) is 9.91. The lowest BCUT2D eigenvalue weighted by Crippen LogP contribution is -2.36. The molecule has 3 N–H and O–H groups in total. The van der Waals surface area contributed by atoms with E-state index in [9.17, 15) is 14.3 Å². The van der Waals surface area contributed by atoms with E-state index in [2.05, 4.69) is 36.9 Å². The van der Waals surface area contributed by atoms with Crippen LogP contribution in [0.3, 0.4) is 0 Å². The van der Waals surface area contributed by atoms with Crippen LogP contribution in [0, 0.1) is 17.7 Å². The zero-order valence-corrected chi connectivity index (χ0v) is 22.0. The fraction of sp³-hybridized carbons (Fsp3) is 0.393. The van der Waals surface area contributed by atoms with Gasteiger partial charge in [0.15, 0.2) is 17.5 Å². The van der Waals surface area contributed by atoms with E-state index in [-0.39, 0.29) is 41.2 Å². The van der Waals surface area contributed by atoms with Crippen LogP contribution in [0.1, 0.15) is 38.9 Å². The molecule has 0 saturated carbocycles. The van der Waals surface area contributed by atoms with E-state index in [1.165, 1.54) is 0 Å². The van der Waals surface area contributed by atoms with E-state index in [1.54, 1.807) is 23.1 Å². The van der Waals surface area contributed by atoms with Crippen molar-refractivity contribution < 1.29 is 14.3 Å². The van der Waals surface area contributed by atoms with Gasteiger partial charge in [-0.15, -0.1) is 10.2 Å². The first-order chi connectivity index (χ1) is 18.8. The number of halogens is 1. The number of aromatic nitrogens is 4. The molecule has 1 amide bonds. The summed E-state index contributed by atoms with van der Waals surface area (Å²) in [7, 11) is 0. The number of hydrogen-bond donors (Lipinski definition) is 2.